The zero-order valence-electron chi connectivity index (χ0n) is 15.4. The summed E-state index contributed by atoms with van der Waals surface area (Å²) >= 11 is 0. The van der Waals surface area contributed by atoms with Crippen LogP contribution in [0, 0.1) is 17.7 Å². The minimum Gasteiger partial charge on any atom is -0.353 e. The smallest absolute Gasteiger partial charge is 0.123 e. The molecule has 2 N–H and O–H groups in total. The van der Waals surface area contributed by atoms with Crippen LogP contribution in [0.3, 0.4) is 0 Å². The summed E-state index contributed by atoms with van der Waals surface area (Å²) < 4.78 is 13.5. The second-order valence-electron chi connectivity index (χ2n) is 6.23. The molecule has 0 spiro atoms. The summed E-state index contributed by atoms with van der Waals surface area (Å²) in [4.78, 5) is 8.29. The number of aromatic nitrogens is 4. The van der Waals surface area contributed by atoms with E-state index in [1.165, 1.54) is 12.1 Å². The van der Waals surface area contributed by atoms with Crippen molar-refractivity contribution in [1.29, 1.82) is 0 Å². The first-order valence-electron chi connectivity index (χ1n) is 8.82. The Labute approximate surface area is 167 Å². The molecule has 0 radical (unpaired) electrons. The molecule has 5 nitrogen and oxygen atoms in total. The molecule has 3 aromatic heterocycles. The predicted molar refractivity (Wildman–Crippen MR) is 111 cm³/mol. The highest BCUT2D eigenvalue weighted by molar-refractivity contribution is 5.78. The number of anilines is 1. The Morgan fingerprint density at radius 3 is 2.72 bits per heavy atom. The van der Waals surface area contributed by atoms with Crippen molar-refractivity contribution in [2.45, 2.75) is 0 Å². The normalized spacial score (nSPS) is 10.1. The van der Waals surface area contributed by atoms with E-state index in [1.54, 1.807) is 37.1 Å². The molecule has 0 aliphatic heterocycles. The van der Waals surface area contributed by atoms with Gasteiger partial charge in [-0.1, -0.05) is 30.6 Å². The zero-order chi connectivity index (χ0) is 20.1. The molecular weight excluding hydrogens is 365 g/mol. The third-order valence-electron chi connectivity index (χ3n) is 4.14. The van der Waals surface area contributed by atoms with Crippen molar-refractivity contribution in [2.75, 3.05) is 5.32 Å². The number of benzene rings is 1. The van der Waals surface area contributed by atoms with E-state index in [1.807, 2.05) is 24.3 Å². The second kappa shape index (κ2) is 8.19. The molecule has 0 bridgehead atoms. The van der Waals surface area contributed by atoms with Gasteiger partial charge in [0.05, 0.1) is 35.0 Å². The number of hydrogen-bond donors (Lipinski definition) is 2. The Kier molecular flexibility index (Phi) is 5.12. The first-order valence-corrected chi connectivity index (χ1v) is 8.82. The van der Waals surface area contributed by atoms with Crippen molar-refractivity contribution in [2.24, 2.45) is 0 Å². The average Bonchev–Trinajstić information content (AvgIpc) is 3.22. The maximum atomic E-state index is 13.5. The number of rotatable bonds is 4. The molecule has 4 rings (SSSR count). The maximum absolute atomic E-state index is 13.5. The lowest BCUT2D eigenvalue weighted by Gasteiger charge is -2.10. The van der Waals surface area contributed by atoms with Gasteiger partial charge in [0.15, 0.2) is 0 Å². The lowest BCUT2D eigenvalue weighted by atomic mass is 10.1. The minimum absolute atomic E-state index is 0.292. The van der Waals surface area contributed by atoms with E-state index in [-0.39, 0.29) is 5.82 Å². The minimum atomic E-state index is -0.292. The van der Waals surface area contributed by atoms with Crippen LogP contribution in [0.4, 0.5) is 10.1 Å². The van der Waals surface area contributed by atoms with Gasteiger partial charge in [-0.2, -0.15) is 5.10 Å². The molecule has 0 atom stereocenters. The molecule has 6 heteroatoms. The van der Waals surface area contributed by atoms with Crippen molar-refractivity contribution >= 4 is 11.4 Å². The van der Waals surface area contributed by atoms with Crippen LogP contribution < -0.4 is 5.32 Å². The molecule has 0 aliphatic rings. The van der Waals surface area contributed by atoms with Crippen molar-refractivity contribution in [3.8, 4) is 23.0 Å². The second-order valence-corrected chi connectivity index (χ2v) is 6.23. The van der Waals surface area contributed by atoms with Crippen LogP contribution >= 0.6 is 0 Å². The summed E-state index contributed by atoms with van der Waals surface area (Å²) in [5.41, 5.74) is 5.05. The van der Waals surface area contributed by atoms with Gasteiger partial charge in [0.2, 0.25) is 0 Å². The molecule has 0 unspecified atom stereocenters. The third kappa shape index (κ3) is 4.37. The van der Waals surface area contributed by atoms with Crippen LogP contribution in [0.25, 0.3) is 16.8 Å². The third-order valence-corrected chi connectivity index (χ3v) is 4.14. The number of nitrogens with one attached hydrogen (secondary N) is 2. The molecule has 1 aromatic carbocycles. The summed E-state index contributed by atoms with van der Waals surface area (Å²) in [5, 5.41) is 10.2. The molecule has 0 saturated heterocycles. The SMILES string of the molecule is C=C(Nc1cncc(-c2cccc(F)c2)c1)c1[nH]ncc1C#Cc1cccnc1. The number of halogens is 1. The van der Waals surface area contributed by atoms with Crippen molar-refractivity contribution < 1.29 is 4.39 Å². The van der Waals surface area contributed by atoms with Crippen molar-refractivity contribution in [3.05, 3.63) is 103 Å². The summed E-state index contributed by atoms with van der Waals surface area (Å²) in [6.07, 6.45) is 8.40. The summed E-state index contributed by atoms with van der Waals surface area (Å²) in [6, 6.07) is 12.0. The first kappa shape index (κ1) is 18.1. The fourth-order valence-electron chi connectivity index (χ4n) is 2.76. The van der Waals surface area contributed by atoms with Crippen LogP contribution in [0.1, 0.15) is 16.8 Å². The van der Waals surface area contributed by atoms with E-state index in [9.17, 15) is 4.39 Å². The van der Waals surface area contributed by atoms with Gasteiger partial charge in [-0.3, -0.25) is 15.1 Å². The van der Waals surface area contributed by atoms with Crippen molar-refractivity contribution in [1.82, 2.24) is 20.2 Å². The Bertz CT molecular complexity index is 1220. The van der Waals surface area contributed by atoms with Crippen molar-refractivity contribution in [3.63, 3.8) is 0 Å². The molecule has 0 amide bonds. The van der Waals surface area contributed by atoms with E-state index in [2.05, 4.69) is 43.9 Å². The Hall–Kier alpha value is -4.24. The monoisotopic (exact) mass is 381 g/mol. The number of pyridine rings is 2. The Morgan fingerprint density at radius 1 is 0.966 bits per heavy atom. The summed E-state index contributed by atoms with van der Waals surface area (Å²) in [6.45, 7) is 4.07. The summed E-state index contributed by atoms with van der Waals surface area (Å²) in [5.74, 6) is 5.84. The number of aromatic amines is 1. The largest absolute Gasteiger partial charge is 0.353 e. The molecule has 3 heterocycles. The highest BCUT2D eigenvalue weighted by Crippen LogP contribution is 2.24. The summed E-state index contributed by atoms with van der Waals surface area (Å²) in [7, 11) is 0. The van der Waals surface area contributed by atoms with Gasteiger partial charge in [0.1, 0.15) is 5.82 Å². The standard InChI is InChI=1S/C23H16FN5/c1-16(23-19(14-27-29-23)8-7-17-4-3-9-25-12-17)28-22-11-20(13-26-15-22)18-5-2-6-21(24)10-18/h2-6,9-15,28H,1H2,(H,27,29). The van der Waals surface area contributed by atoms with Crippen LogP contribution in [0.2, 0.25) is 0 Å². The maximum Gasteiger partial charge on any atom is 0.123 e. The van der Waals surface area contributed by atoms with E-state index >= 15 is 0 Å². The fourth-order valence-corrected chi connectivity index (χ4v) is 2.76. The predicted octanol–water partition coefficient (Wildman–Crippen LogP) is 4.49. The molecule has 0 aliphatic carbocycles. The number of H-pyrrole nitrogens is 1. The van der Waals surface area contributed by atoms with E-state index in [0.29, 0.717) is 17.0 Å². The van der Waals surface area contributed by atoms with Crippen LogP contribution in [0.15, 0.2) is 80.0 Å². The topological polar surface area (TPSA) is 66.5 Å². The number of hydrogen-bond acceptors (Lipinski definition) is 4. The molecule has 0 saturated carbocycles. The van der Waals surface area contributed by atoms with Gasteiger partial charge >= 0.3 is 0 Å². The van der Waals surface area contributed by atoms with Gasteiger partial charge < -0.3 is 5.32 Å². The lowest BCUT2D eigenvalue weighted by Crippen LogP contribution is -2.00. The molecular formula is C23H16FN5. The Balaban J connectivity index is 1.55. The van der Waals surface area contributed by atoms with Crippen LogP contribution in [-0.4, -0.2) is 20.2 Å². The van der Waals surface area contributed by atoms with Gasteiger partial charge in [0.25, 0.3) is 0 Å². The zero-order valence-corrected chi connectivity index (χ0v) is 15.4. The number of nitrogens with zero attached hydrogens (tertiary/aromatic N) is 3. The fraction of sp³-hybridized carbons (Fsp3) is 0. The van der Waals surface area contributed by atoms with E-state index in [0.717, 1.165) is 22.4 Å². The van der Waals surface area contributed by atoms with E-state index in [4.69, 9.17) is 0 Å². The van der Waals surface area contributed by atoms with E-state index < -0.39 is 0 Å². The van der Waals surface area contributed by atoms with Gasteiger partial charge in [-0.05, 0) is 35.9 Å². The molecule has 0 fully saturated rings. The average molecular weight is 381 g/mol. The van der Waals surface area contributed by atoms with Crippen LogP contribution in [0.5, 0.6) is 0 Å². The molecule has 4 aromatic rings. The highest BCUT2D eigenvalue weighted by atomic mass is 19.1. The highest BCUT2D eigenvalue weighted by Gasteiger charge is 2.09. The quantitative estimate of drug-likeness (QED) is 0.511. The van der Waals surface area contributed by atoms with Gasteiger partial charge in [-0.15, -0.1) is 0 Å². The van der Waals surface area contributed by atoms with Crippen LogP contribution in [-0.2, 0) is 0 Å². The van der Waals surface area contributed by atoms with Gasteiger partial charge in [-0.25, -0.2) is 4.39 Å². The molecule has 29 heavy (non-hydrogen) atoms. The lowest BCUT2D eigenvalue weighted by molar-refractivity contribution is 0.628. The van der Waals surface area contributed by atoms with Gasteiger partial charge in [0, 0.05) is 29.7 Å². The first-order chi connectivity index (χ1) is 14.2. The Morgan fingerprint density at radius 2 is 1.90 bits per heavy atom. The molecule has 140 valence electrons.